The summed E-state index contributed by atoms with van der Waals surface area (Å²) in [5, 5.41) is 23.0. The number of amides is 1. The molecule has 160 valence electrons. The predicted molar refractivity (Wildman–Crippen MR) is 124 cm³/mol. The van der Waals surface area contributed by atoms with Crippen LogP contribution in [-0.2, 0) is 4.79 Å². The fourth-order valence-electron chi connectivity index (χ4n) is 3.12. The first-order chi connectivity index (χ1) is 15.5. The molecule has 1 heterocycles. The Hall–Kier alpha value is -3.98. The van der Waals surface area contributed by atoms with Crippen LogP contribution in [0, 0.1) is 17.0 Å². The lowest BCUT2D eigenvalue weighted by Crippen LogP contribution is -2.15. The number of nitrogens with one attached hydrogen (secondary N) is 1. The van der Waals surface area contributed by atoms with Gasteiger partial charge in [-0.15, -0.1) is 10.2 Å². The summed E-state index contributed by atoms with van der Waals surface area (Å²) in [7, 11) is 0. The highest BCUT2D eigenvalue weighted by molar-refractivity contribution is 7.99. The quantitative estimate of drug-likeness (QED) is 0.247. The van der Waals surface area contributed by atoms with Crippen molar-refractivity contribution < 1.29 is 9.72 Å². The molecule has 3 aromatic carbocycles. The molecular formula is C23H19N5O3S. The molecule has 0 unspecified atom stereocenters. The maximum absolute atomic E-state index is 12.6. The van der Waals surface area contributed by atoms with E-state index in [0.717, 1.165) is 16.8 Å². The van der Waals surface area contributed by atoms with Crippen molar-refractivity contribution in [1.29, 1.82) is 0 Å². The second-order valence-corrected chi connectivity index (χ2v) is 7.88. The Morgan fingerprint density at radius 2 is 1.72 bits per heavy atom. The average Bonchev–Trinajstić information content (AvgIpc) is 3.24. The van der Waals surface area contributed by atoms with Crippen molar-refractivity contribution in [2.75, 3.05) is 11.1 Å². The largest absolute Gasteiger partial charge is 0.325 e. The number of aromatic nitrogens is 3. The first-order valence-corrected chi connectivity index (χ1v) is 10.8. The lowest BCUT2D eigenvalue weighted by Gasteiger charge is -2.11. The van der Waals surface area contributed by atoms with E-state index in [-0.39, 0.29) is 17.3 Å². The zero-order valence-electron chi connectivity index (χ0n) is 17.1. The Balaban J connectivity index is 1.56. The molecule has 9 heteroatoms. The number of nitrogens with zero attached hydrogens (tertiary/aromatic N) is 4. The van der Waals surface area contributed by atoms with Crippen molar-refractivity contribution in [3.8, 4) is 17.1 Å². The normalized spacial score (nSPS) is 10.7. The molecule has 0 fully saturated rings. The van der Waals surface area contributed by atoms with E-state index in [2.05, 4.69) is 15.5 Å². The van der Waals surface area contributed by atoms with Crippen LogP contribution in [0.1, 0.15) is 5.56 Å². The summed E-state index contributed by atoms with van der Waals surface area (Å²) in [6.45, 7) is 1.78. The van der Waals surface area contributed by atoms with Gasteiger partial charge in [0.1, 0.15) is 0 Å². The zero-order valence-corrected chi connectivity index (χ0v) is 18.0. The zero-order chi connectivity index (χ0) is 22.5. The van der Waals surface area contributed by atoms with Crippen LogP contribution < -0.4 is 5.32 Å². The number of nitro benzene ring substituents is 1. The van der Waals surface area contributed by atoms with Crippen molar-refractivity contribution in [2.45, 2.75) is 12.1 Å². The summed E-state index contributed by atoms with van der Waals surface area (Å²) in [6.07, 6.45) is 0. The van der Waals surface area contributed by atoms with Crippen LogP contribution in [0.2, 0.25) is 0 Å². The topological polar surface area (TPSA) is 103 Å². The number of anilines is 1. The predicted octanol–water partition coefficient (Wildman–Crippen LogP) is 4.88. The molecular weight excluding hydrogens is 426 g/mol. The summed E-state index contributed by atoms with van der Waals surface area (Å²) in [6, 6.07) is 23.8. The van der Waals surface area contributed by atoms with E-state index >= 15 is 0 Å². The van der Waals surface area contributed by atoms with E-state index in [1.807, 2.05) is 65.2 Å². The van der Waals surface area contributed by atoms with Gasteiger partial charge in [-0.1, -0.05) is 66.4 Å². The number of aryl methyl sites for hydroxylation is 1. The number of rotatable bonds is 7. The second-order valence-electron chi connectivity index (χ2n) is 6.94. The monoisotopic (exact) mass is 445 g/mol. The minimum absolute atomic E-state index is 0.0713. The lowest BCUT2D eigenvalue weighted by atomic mass is 10.2. The molecule has 1 N–H and O–H groups in total. The van der Waals surface area contributed by atoms with Crippen molar-refractivity contribution >= 4 is 29.0 Å². The minimum Gasteiger partial charge on any atom is -0.325 e. The van der Waals surface area contributed by atoms with E-state index in [4.69, 9.17) is 0 Å². The molecule has 0 spiro atoms. The SMILES string of the molecule is Cc1ccc([N+](=O)[O-])cc1NC(=O)CSc1nnc(-c2ccccc2)n1-c1ccccc1. The summed E-state index contributed by atoms with van der Waals surface area (Å²) in [5.41, 5.74) is 2.88. The van der Waals surface area contributed by atoms with Crippen LogP contribution in [0.25, 0.3) is 17.1 Å². The van der Waals surface area contributed by atoms with Gasteiger partial charge in [-0.05, 0) is 24.6 Å². The highest BCUT2D eigenvalue weighted by atomic mass is 32.2. The number of thioether (sulfide) groups is 1. The standard InChI is InChI=1S/C23H19N5O3S/c1-16-12-13-19(28(30)31)14-20(16)24-21(29)15-32-23-26-25-22(17-8-4-2-5-9-17)27(23)18-10-6-3-7-11-18/h2-14H,15H2,1H3,(H,24,29). The van der Waals surface area contributed by atoms with Gasteiger partial charge >= 0.3 is 0 Å². The third-order valence-corrected chi connectivity index (χ3v) is 5.65. The molecule has 0 aliphatic heterocycles. The Morgan fingerprint density at radius 3 is 2.41 bits per heavy atom. The third kappa shape index (κ3) is 4.68. The van der Waals surface area contributed by atoms with Gasteiger partial charge in [0, 0.05) is 23.4 Å². The molecule has 32 heavy (non-hydrogen) atoms. The molecule has 4 rings (SSSR count). The fourth-order valence-corrected chi connectivity index (χ4v) is 3.87. The van der Waals surface area contributed by atoms with Crippen LogP contribution in [0.4, 0.5) is 11.4 Å². The van der Waals surface area contributed by atoms with Crippen molar-refractivity contribution in [3.63, 3.8) is 0 Å². The van der Waals surface area contributed by atoms with Gasteiger partial charge < -0.3 is 5.32 Å². The van der Waals surface area contributed by atoms with Crippen LogP contribution in [0.3, 0.4) is 0 Å². The number of hydrogen-bond donors (Lipinski definition) is 1. The molecule has 0 saturated carbocycles. The molecule has 8 nitrogen and oxygen atoms in total. The van der Waals surface area contributed by atoms with Crippen LogP contribution in [-0.4, -0.2) is 31.3 Å². The first kappa shape index (κ1) is 21.3. The minimum atomic E-state index is -0.489. The molecule has 1 amide bonds. The third-order valence-electron chi connectivity index (χ3n) is 4.72. The number of nitro groups is 1. The van der Waals surface area contributed by atoms with Gasteiger partial charge in [0.05, 0.1) is 16.4 Å². The van der Waals surface area contributed by atoms with E-state index in [1.165, 1.54) is 23.9 Å². The maximum Gasteiger partial charge on any atom is 0.271 e. The molecule has 4 aromatic rings. The first-order valence-electron chi connectivity index (χ1n) is 9.77. The average molecular weight is 446 g/mol. The van der Waals surface area contributed by atoms with Crippen molar-refractivity contribution in [3.05, 3.63) is 94.5 Å². The van der Waals surface area contributed by atoms with E-state index in [0.29, 0.717) is 16.7 Å². The summed E-state index contributed by atoms with van der Waals surface area (Å²) in [4.78, 5) is 23.1. The highest BCUT2D eigenvalue weighted by Gasteiger charge is 2.18. The number of hydrogen-bond acceptors (Lipinski definition) is 6. The summed E-state index contributed by atoms with van der Waals surface area (Å²) in [5.74, 6) is 0.457. The molecule has 1 aromatic heterocycles. The van der Waals surface area contributed by atoms with Gasteiger partial charge in [0.25, 0.3) is 5.69 Å². The molecule has 0 atom stereocenters. The summed E-state index contributed by atoms with van der Waals surface area (Å²) < 4.78 is 1.91. The molecule has 0 aliphatic carbocycles. The maximum atomic E-state index is 12.6. The number of carbonyl (C=O) groups excluding carboxylic acids is 1. The van der Waals surface area contributed by atoms with E-state index in [1.54, 1.807) is 13.0 Å². The van der Waals surface area contributed by atoms with Crippen LogP contribution in [0.15, 0.2) is 84.0 Å². The Bertz CT molecular complexity index is 1260. The number of para-hydroxylation sites is 1. The summed E-state index contributed by atoms with van der Waals surface area (Å²) >= 11 is 1.24. The highest BCUT2D eigenvalue weighted by Crippen LogP contribution is 2.28. The molecule has 0 aliphatic rings. The van der Waals surface area contributed by atoms with Gasteiger partial charge in [-0.3, -0.25) is 19.5 Å². The van der Waals surface area contributed by atoms with E-state index < -0.39 is 4.92 Å². The fraction of sp³-hybridized carbons (Fsp3) is 0.0870. The number of non-ortho nitro benzene ring substituents is 1. The van der Waals surface area contributed by atoms with Gasteiger partial charge in [-0.2, -0.15) is 0 Å². The van der Waals surface area contributed by atoms with Gasteiger partial charge in [0.15, 0.2) is 11.0 Å². The molecule has 0 saturated heterocycles. The smallest absolute Gasteiger partial charge is 0.271 e. The van der Waals surface area contributed by atoms with Crippen molar-refractivity contribution in [1.82, 2.24) is 14.8 Å². The van der Waals surface area contributed by atoms with E-state index in [9.17, 15) is 14.9 Å². The van der Waals surface area contributed by atoms with Crippen LogP contribution >= 0.6 is 11.8 Å². The van der Waals surface area contributed by atoms with Crippen molar-refractivity contribution in [2.24, 2.45) is 0 Å². The second kappa shape index (κ2) is 9.44. The molecule has 0 bridgehead atoms. The lowest BCUT2D eigenvalue weighted by molar-refractivity contribution is -0.384. The Labute approximate surface area is 188 Å². The van der Waals surface area contributed by atoms with Gasteiger partial charge in [0.2, 0.25) is 5.91 Å². The molecule has 0 radical (unpaired) electrons. The Morgan fingerprint density at radius 1 is 1.03 bits per heavy atom. The van der Waals surface area contributed by atoms with Gasteiger partial charge in [-0.25, -0.2) is 0 Å². The number of carbonyl (C=O) groups is 1. The number of benzene rings is 3. The van der Waals surface area contributed by atoms with Crippen LogP contribution in [0.5, 0.6) is 0 Å². The Kier molecular flexibility index (Phi) is 6.27.